The van der Waals surface area contributed by atoms with Gasteiger partial charge in [-0.2, -0.15) is 0 Å². The molecule has 0 bridgehead atoms. The van der Waals surface area contributed by atoms with Crippen LogP contribution in [0.4, 0.5) is 5.69 Å². The highest BCUT2D eigenvalue weighted by Crippen LogP contribution is 2.28. The van der Waals surface area contributed by atoms with Gasteiger partial charge in [0.2, 0.25) is 11.8 Å². The Morgan fingerprint density at radius 2 is 1.73 bits per heavy atom. The molecule has 2 aromatic carbocycles. The minimum atomic E-state index is -0.952. The zero-order valence-electron chi connectivity index (χ0n) is 16.5. The first kappa shape index (κ1) is 19.8. The molecule has 1 saturated heterocycles. The fourth-order valence-corrected chi connectivity index (χ4v) is 3.83. The van der Waals surface area contributed by atoms with Gasteiger partial charge in [0, 0.05) is 25.2 Å². The maximum Gasteiger partial charge on any atom is 0.262 e. The SMILES string of the molecule is CNCc1cccc(NCc2ccc3c(c2)C(=O)N(C2CCC(=O)NC2=O)C3=O)c1. The Hall–Kier alpha value is -3.52. The summed E-state index contributed by atoms with van der Waals surface area (Å²) < 4.78 is 0. The molecule has 3 N–H and O–H groups in total. The predicted molar refractivity (Wildman–Crippen MR) is 110 cm³/mol. The summed E-state index contributed by atoms with van der Waals surface area (Å²) in [4.78, 5) is 50.1. The van der Waals surface area contributed by atoms with Crippen molar-refractivity contribution in [1.29, 1.82) is 0 Å². The van der Waals surface area contributed by atoms with Crippen LogP contribution >= 0.6 is 0 Å². The van der Waals surface area contributed by atoms with Crippen molar-refractivity contribution in [2.75, 3.05) is 12.4 Å². The second kappa shape index (κ2) is 8.08. The summed E-state index contributed by atoms with van der Waals surface area (Å²) in [6.45, 7) is 1.25. The van der Waals surface area contributed by atoms with Crippen LogP contribution in [0.2, 0.25) is 0 Å². The van der Waals surface area contributed by atoms with E-state index in [0.717, 1.165) is 28.3 Å². The summed E-state index contributed by atoms with van der Waals surface area (Å²) in [6.07, 6.45) is 0.249. The molecule has 0 spiro atoms. The van der Waals surface area contributed by atoms with Crippen LogP contribution < -0.4 is 16.0 Å². The molecule has 0 saturated carbocycles. The highest BCUT2D eigenvalue weighted by molar-refractivity contribution is 6.23. The molecule has 2 aromatic rings. The summed E-state index contributed by atoms with van der Waals surface area (Å²) in [5, 5.41) is 8.63. The molecule has 0 aromatic heterocycles. The zero-order valence-corrected chi connectivity index (χ0v) is 16.5. The van der Waals surface area contributed by atoms with Gasteiger partial charge in [0.1, 0.15) is 6.04 Å². The van der Waals surface area contributed by atoms with Crippen LogP contribution in [0.5, 0.6) is 0 Å². The molecule has 1 fully saturated rings. The number of carbonyl (C=O) groups is 4. The Labute approximate surface area is 173 Å². The van der Waals surface area contributed by atoms with Crippen molar-refractivity contribution in [2.45, 2.75) is 32.0 Å². The van der Waals surface area contributed by atoms with Crippen molar-refractivity contribution in [3.63, 3.8) is 0 Å². The van der Waals surface area contributed by atoms with E-state index in [1.54, 1.807) is 18.2 Å². The van der Waals surface area contributed by atoms with E-state index in [0.29, 0.717) is 6.54 Å². The van der Waals surface area contributed by atoms with E-state index >= 15 is 0 Å². The van der Waals surface area contributed by atoms with Crippen molar-refractivity contribution in [3.8, 4) is 0 Å². The average Bonchev–Trinajstić information content (AvgIpc) is 2.97. The summed E-state index contributed by atoms with van der Waals surface area (Å²) in [5.41, 5.74) is 3.52. The first-order chi connectivity index (χ1) is 14.5. The van der Waals surface area contributed by atoms with Gasteiger partial charge in [-0.3, -0.25) is 29.4 Å². The molecule has 0 radical (unpaired) electrons. The van der Waals surface area contributed by atoms with Crippen LogP contribution in [0, 0.1) is 0 Å². The molecular formula is C22H22N4O4. The maximum absolute atomic E-state index is 12.9. The van der Waals surface area contributed by atoms with Gasteiger partial charge in [-0.25, -0.2) is 0 Å². The van der Waals surface area contributed by atoms with Crippen molar-refractivity contribution in [2.24, 2.45) is 0 Å². The fourth-order valence-electron chi connectivity index (χ4n) is 3.83. The largest absolute Gasteiger partial charge is 0.381 e. The van der Waals surface area contributed by atoms with Gasteiger partial charge in [0.25, 0.3) is 11.8 Å². The van der Waals surface area contributed by atoms with Gasteiger partial charge in [-0.1, -0.05) is 18.2 Å². The lowest BCUT2D eigenvalue weighted by molar-refractivity contribution is -0.136. The van der Waals surface area contributed by atoms with E-state index in [1.807, 2.05) is 31.3 Å². The molecule has 1 unspecified atom stereocenters. The molecule has 8 heteroatoms. The van der Waals surface area contributed by atoms with Gasteiger partial charge in [0.05, 0.1) is 11.1 Å². The number of carbonyl (C=O) groups excluding carboxylic acids is 4. The van der Waals surface area contributed by atoms with Gasteiger partial charge in [-0.15, -0.1) is 0 Å². The Kier molecular flexibility index (Phi) is 5.33. The average molecular weight is 406 g/mol. The number of amides is 4. The minimum absolute atomic E-state index is 0.103. The second-order valence-electron chi connectivity index (χ2n) is 7.41. The molecule has 2 heterocycles. The van der Waals surface area contributed by atoms with Gasteiger partial charge >= 0.3 is 0 Å². The molecule has 4 amide bonds. The summed E-state index contributed by atoms with van der Waals surface area (Å²) >= 11 is 0. The lowest BCUT2D eigenvalue weighted by Crippen LogP contribution is -2.54. The van der Waals surface area contributed by atoms with Gasteiger partial charge in [0.15, 0.2) is 0 Å². The summed E-state index contributed by atoms with van der Waals surface area (Å²) in [7, 11) is 1.89. The van der Waals surface area contributed by atoms with Crippen molar-refractivity contribution >= 4 is 29.3 Å². The Morgan fingerprint density at radius 1 is 0.967 bits per heavy atom. The highest BCUT2D eigenvalue weighted by atomic mass is 16.2. The normalized spacial score (nSPS) is 18.4. The molecule has 30 heavy (non-hydrogen) atoms. The van der Waals surface area contributed by atoms with Crippen LogP contribution in [0.3, 0.4) is 0 Å². The molecule has 8 nitrogen and oxygen atoms in total. The number of nitrogens with zero attached hydrogens (tertiary/aromatic N) is 1. The fraction of sp³-hybridized carbons (Fsp3) is 0.273. The molecule has 2 aliphatic rings. The smallest absolute Gasteiger partial charge is 0.262 e. The first-order valence-electron chi connectivity index (χ1n) is 9.80. The Bertz CT molecular complexity index is 1050. The van der Waals surface area contributed by atoms with Crippen LogP contribution in [-0.4, -0.2) is 41.6 Å². The maximum atomic E-state index is 12.9. The third-order valence-corrected chi connectivity index (χ3v) is 5.31. The van der Waals surface area contributed by atoms with E-state index in [4.69, 9.17) is 0 Å². The third-order valence-electron chi connectivity index (χ3n) is 5.31. The zero-order chi connectivity index (χ0) is 21.3. The number of imide groups is 2. The van der Waals surface area contributed by atoms with E-state index in [9.17, 15) is 19.2 Å². The number of rotatable bonds is 6. The van der Waals surface area contributed by atoms with Crippen molar-refractivity contribution in [3.05, 3.63) is 64.7 Å². The van der Waals surface area contributed by atoms with Crippen LogP contribution in [-0.2, 0) is 22.7 Å². The van der Waals surface area contributed by atoms with Crippen molar-refractivity contribution in [1.82, 2.24) is 15.5 Å². The molecule has 4 rings (SSSR count). The molecule has 2 aliphatic heterocycles. The Balaban J connectivity index is 1.50. The monoisotopic (exact) mass is 406 g/mol. The number of anilines is 1. The number of hydrogen-bond donors (Lipinski definition) is 3. The second-order valence-corrected chi connectivity index (χ2v) is 7.41. The third kappa shape index (κ3) is 3.69. The van der Waals surface area contributed by atoms with Crippen LogP contribution in [0.1, 0.15) is 44.7 Å². The summed E-state index contributed by atoms with van der Waals surface area (Å²) in [6, 6.07) is 12.2. The highest BCUT2D eigenvalue weighted by Gasteiger charge is 2.44. The number of hydrogen-bond acceptors (Lipinski definition) is 6. The lowest BCUT2D eigenvalue weighted by Gasteiger charge is -2.27. The van der Waals surface area contributed by atoms with E-state index < -0.39 is 23.8 Å². The van der Waals surface area contributed by atoms with Crippen LogP contribution in [0.25, 0.3) is 0 Å². The quantitative estimate of drug-likeness (QED) is 0.627. The minimum Gasteiger partial charge on any atom is -0.381 e. The van der Waals surface area contributed by atoms with Gasteiger partial charge in [-0.05, 0) is 48.9 Å². The van der Waals surface area contributed by atoms with Crippen LogP contribution in [0.15, 0.2) is 42.5 Å². The number of piperidine rings is 1. The Morgan fingerprint density at radius 3 is 2.50 bits per heavy atom. The number of fused-ring (bicyclic) bond motifs is 1. The lowest BCUT2D eigenvalue weighted by atomic mass is 10.0. The molecule has 1 atom stereocenters. The molecule has 0 aliphatic carbocycles. The topological polar surface area (TPSA) is 108 Å². The van der Waals surface area contributed by atoms with E-state index in [1.165, 1.54) is 0 Å². The number of nitrogens with one attached hydrogen (secondary N) is 3. The van der Waals surface area contributed by atoms with E-state index in [2.05, 4.69) is 16.0 Å². The first-order valence-corrected chi connectivity index (χ1v) is 9.80. The molecular weight excluding hydrogens is 384 g/mol. The standard InChI is InChI=1S/C22H22N4O4/c1-23-11-13-3-2-4-15(9-13)24-12-14-5-6-16-17(10-14)22(30)26(21(16)29)18-7-8-19(27)25-20(18)28/h2-6,9-10,18,23-24H,7-8,11-12H2,1H3,(H,25,27,28). The molecule has 154 valence electrons. The van der Waals surface area contributed by atoms with Crippen molar-refractivity contribution < 1.29 is 19.2 Å². The summed E-state index contributed by atoms with van der Waals surface area (Å²) in [5.74, 6) is -1.99. The predicted octanol–water partition coefficient (Wildman–Crippen LogP) is 1.42. The number of benzene rings is 2. The van der Waals surface area contributed by atoms with Gasteiger partial charge < -0.3 is 10.6 Å². The van der Waals surface area contributed by atoms with E-state index in [-0.39, 0.29) is 29.9 Å².